The van der Waals surface area contributed by atoms with Crippen LogP contribution in [-0.2, 0) is 15.9 Å². The summed E-state index contributed by atoms with van der Waals surface area (Å²) in [6, 6.07) is 8.49. The molecule has 0 aliphatic carbocycles. The van der Waals surface area contributed by atoms with Gasteiger partial charge in [0.1, 0.15) is 12.4 Å². The molecule has 3 nitrogen and oxygen atoms in total. The Bertz CT molecular complexity index is 395. The van der Waals surface area contributed by atoms with Gasteiger partial charge in [-0.15, -0.1) is 0 Å². The second-order valence-electron chi connectivity index (χ2n) is 6.28. The number of hydrogen-bond acceptors (Lipinski definition) is 3. The summed E-state index contributed by atoms with van der Waals surface area (Å²) >= 11 is 3.32. The Morgan fingerprint density at radius 2 is 1.32 bits per heavy atom. The van der Waals surface area contributed by atoms with E-state index in [4.69, 9.17) is 14.2 Å². The van der Waals surface area contributed by atoms with E-state index in [-0.39, 0.29) is 0 Å². The molecule has 25 heavy (non-hydrogen) atoms. The highest BCUT2D eigenvalue weighted by Gasteiger charge is 1.98. The Kier molecular flexibility index (Phi) is 15.2. The molecule has 1 aromatic rings. The largest absolute Gasteiger partial charge is 0.491 e. The van der Waals surface area contributed by atoms with Gasteiger partial charge in [0.2, 0.25) is 0 Å². The fraction of sp³-hybridized carbons (Fsp3) is 0.714. The highest BCUT2D eigenvalue weighted by atomic mass is 79.9. The number of unbranched alkanes of at least 4 members (excludes halogenated alkanes) is 6. The fourth-order valence-electron chi connectivity index (χ4n) is 2.63. The van der Waals surface area contributed by atoms with Crippen molar-refractivity contribution in [3.8, 4) is 5.75 Å². The van der Waals surface area contributed by atoms with E-state index in [1.165, 1.54) is 56.9 Å². The van der Waals surface area contributed by atoms with Gasteiger partial charge in [-0.05, 0) is 30.5 Å². The second kappa shape index (κ2) is 16.9. The van der Waals surface area contributed by atoms with Crippen molar-refractivity contribution in [2.45, 2.75) is 58.3 Å². The van der Waals surface area contributed by atoms with E-state index in [0.717, 1.165) is 17.7 Å². The summed E-state index contributed by atoms with van der Waals surface area (Å²) < 4.78 is 16.5. The molecule has 0 radical (unpaired) electrons. The van der Waals surface area contributed by atoms with Crippen molar-refractivity contribution in [1.82, 2.24) is 0 Å². The van der Waals surface area contributed by atoms with Crippen LogP contribution in [0.15, 0.2) is 24.3 Å². The van der Waals surface area contributed by atoms with E-state index in [0.29, 0.717) is 26.4 Å². The van der Waals surface area contributed by atoms with Crippen molar-refractivity contribution in [3.05, 3.63) is 29.8 Å². The molecule has 1 aromatic carbocycles. The number of benzene rings is 1. The van der Waals surface area contributed by atoms with E-state index in [2.05, 4.69) is 47.1 Å². The number of halogens is 1. The van der Waals surface area contributed by atoms with Gasteiger partial charge in [0.15, 0.2) is 0 Å². The van der Waals surface area contributed by atoms with Gasteiger partial charge in [0.25, 0.3) is 0 Å². The van der Waals surface area contributed by atoms with E-state index in [9.17, 15) is 0 Å². The van der Waals surface area contributed by atoms with Gasteiger partial charge in [0, 0.05) is 5.33 Å². The summed E-state index contributed by atoms with van der Waals surface area (Å²) in [6.07, 6.45) is 10.7. The van der Waals surface area contributed by atoms with Crippen molar-refractivity contribution < 1.29 is 14.2 Å². The molecule has 0 bridgehead atoms. The Hall–Kier alpha value is -0.580. The predicted molar refractivity (Wildman–Crippen MR) is 109 cm³/mol. The minimum Gasteiger partial charge on any atom is -0.491 e. The zero-order valence-corrected chi connectivity index (χ0v) is 17.4. The third kappa shape index (κ3) is 13.3. The van der Waals surface area contributed by atoms with Crippen LogP contribution in [0.1, 0.15) is 57.4 Å². The first-order valence-corrected chi connectivity index (χ1v) is 10.9. The SMILES string of the molecule is CCCCCCCCCc1ccc(OCCOCCOCCBr)cc1. The van der Waals surface area contributed by atoms with Crippen LogP contribution in [0.25, 0.3) is 0 Å². The summed E-state index contributed by atoms with van der Waals surface area (Å²) in [7, 11) is 0. The average Bonchev–Trinajstić information content (AvgIpc) is 2.64. The second-order valence-corrected chi connectivity index (χ2v) is 7.07. The van der Waals surface area contributed by atoms with Gasteiger partial charge >= 0.3 is 0 Å². The molecule has 0 atom stereocenters. The lowest BCUT2D eigenvalue weighted by Gasteiger charge is -2.08. The third-order valence-corrected chi connectivity index (χ3v) is 4.41. The molecule has 0 spiro atoms. The maximum absolute atomic E-state index is 5.70. The summed E-state index contributed by atoms with van der Waals surface area (Å²) in [5.74, 6) is 0.919. The minimum atomic E-state index is 0.579. The van der Waals surface area contributed by atoms with Gasteiger partial charge < -0.3 is 14.2 Å². The quantitative estimate of drug-likeness (QED) is 0.238. The van der Waals surface area contributed by atoms with Crippen LogP contribution in [0.3, 0.4) is 0 Å². The molecule has 0 saturated carbocycles. The van der Waals surface area contributed by atoms with Gasteiger partial charge in [-0.25, -0.2) is 0 Å². The first kappa shape index (κ1) is 22.5. The molecule has 1 rings (SSSR count). The van der Waals surface area contributed by atoms with Crippen LogP contribution < -0.4 is 4.74 Å². The van der Waals surface area contributed by atoms with Crippen LogP contribution in [0.5, 0.6) is 5.75 Å². The molecule has 0 saturated heterocycles. The Morgan fingerprint density at radius 1 is 0.720 bits per heavy atom. The number of ether oxygens (including phenoxy) is 3. The molecule has 0 aliphatic rings. The van der Waals surface area contributed by atoms with Crippen molar-refractivity contribution >= 4 is 15.9 Å². The van der Waals surface area contributed by atoms with Crippen molar-refractivity contribution in [3.63, 3.8) is 0 Å². The van der Waals surface area contributed by atoms with E-state index in [1.54, 1.807) is 0 Å². The van der Waals surface area contributed by atoms with Crippen molar-refractivity contribution in [1.29, 1.82) is 0 Å². The summed E-state index contributed by atoms with van der Waals surface area (Å²) in [6.45, 7) is 5.42. The number of alkyl halides is 1. The zero-order chi connectivity index (χ0) is 18.0. The Morgan fingerprint density at radius 3 is 2.00 bits per heavy atom. The third-order valence-electron chi connectivity index (χ3n) is 4.08. The summed E-state index contributed by atoms with van der Waals surface area (Å²) in [5, 5.41) is 0.866. The van der Waals surface area contributed by atoms with Crippen molar-refractivity contribution in [2.75, 3.05) is 38.4 Å². The molecule has 0 fully saturated rings. The molecular weight excluding hydrogens is 380 g/mol. The average molecular weight is 415 g/mol. The van der Waals surface area contributed by atoms with E-state index >= 15 is 0 Å². The lowest BCUT2D eigenvalue weighted by molar-refractivity contribution is 0.0414. The van der Waals surface area contributed by atoms with Gasteiger partial charge in [-0.2, -0.15) is 0 Å². The van der Waals surface area contributed by atoms with Crippen LogP contribution in [0.2, 0.25) is 0 Å². The molecule has 4 heteroatoms. The predicted octanol–water partition coefficient (Wildman–Crippen LogP) is 5.79. The molecule has 0 aliphatic heterocycles. The van der Waals surface area contributed by atoms with Crippen LogP contribution in [0, 0.1) is 0 Å². The molecule has 0 unspecified atom stereocenters. The highest BCUT2D eigenvalue weighted by Crippen LogP contribution is 2.15. The molecule has 0 aromatic heterocycles. The van der Waals surface area contributed by atoms with Crippen LogP contribution in [0.4, 0.5) is 0 Å². The van der Waals surface area contributed by atoms with Gasteiger partial charge in [-0.1, -0.05) is 73.5 Å². The van der Waals surface area contributed by atoms with E-state index < -0.39 is 0 Å². The fourth-order valence-corrected chi connectivity index (χ4v) is 2.86. The molecule has 144 valence electrons. The maximum atomic E-state index is 5.70. The van der Waals surface area contributed by atoms with Crippen LogP contribution in [-0.4, -0.2) is 38.4 Å². The Balaban J connectivity index is 2.00. The lowest BCUT2D eigenvalue weighted by Crippen LogP contribution is -2.11. The molecular formula is C21H35BrO3. The Labute approximate surface area is 162 Å². The van der Waals surface area contributed by atoms with Crippen LogP contribution >= 0.6 is 15.9 Å². The van der Waals surface area contributed by atoms with E-state index in [1.807, 2.05) is 0 Å². The number of rotatable bonds is 17. The summed E-state index contributed by atoms with van der Waals surface area (Å²) in [4.78, 5) is 0. The smallest absolute Gasteiger partial charge is 0.119 e. The van der Waals surface area contributed by atoms with Crippen molar-refractivity contribution in [2.24, 2.45) is 0 Å². The first-order chi connectivity index (χ1) is 12.4. The topological polar surface area (TPSA) is 27.7 Å². The monoisotopic (exact) mass is 414 g/mol. The zero-order valence-electron chi connectivity index (χ0n) is 15.8. The number of aryl methyl sites for hydroxylation is 1. The maximum Gasteiger partial charge on any atom is 0.119 e. The molecule has 0 amide bonds. The highest BCUT2D eigenvalue weighted by molar-refractivity contribution is 9.09. The van der Waals surface area contributed by atoms with Gasteiger partial charge in [-0.3, -0.25) is 0 Å². The molecule has 0 heterocycles. The normalized spacial score (nSPS) is 11.0. The summed E-state index contributed by atoms with van der Waals surface area (Å²) in [5.41, 5.74) is 1.40. The standard InChI is InChI=1S/C21H35BrO3/c1-2-3-4-5-6-7-8-9-20-10-12-21(13-11-20)25-19-18-24-17-16-23-15-14-22/h10-13H,2-9,14-19H2,1H3. The molecule has 0 N–H and O–H groups in total. The first-order valence-electron chi connectivity index (χ1n) is 9.80. The lowest BCUT2D eigenvalue weighted by atomic mass is 10.0. The van der Waals surface area contributed by atoms with Gasteiger partial charge in [0.05, 0.1) is 26.4 Å². The minimum absolute atomic E-state index is 0.579. The number of hydrogen-bond donors (Lipinski definition) is 0.